The molecular formula is C26H24ClF3N2O5S. The van der Waals surface area contributed by atoms with Crippen molar-refractivity contribution in [3.63, 3.8) is 0 Å². The lowest BCUT2D eigenvalue weighted by atomic mass is 9.87. The largest absolute Gasteiger partial charge is 0.374 e. The molecule has 2 fully saturated rings. The summed E-state index contributed by atoms with van der Waals surface area (Å²) in [6.45, 7) is -0.845. The molecule has 2 saturated heterocycles. The number of benzene rings is 2. The second kappa shape index (κ2) is 10.6. The van der Waals surface area contributed by atoms with Crippen molar-refractivity contribution in [1.29, 1.82) is 0 Å². The first-order valence-electron chi connectivity index (χ1n) is 11.6. The smallest absolute Gasteiger partial charge is 0.254 e. The Kier molecular flexibility index (Phi) is 7.79. The third kappa shape index (κ3) is 5.53. The van der Waals surface area contributed by atoms with Crippen molar-refractivity contribution in [1.82, 2.24) is 10.2 Å². The number of sulfone groups is 1. The van der Waals surface area contributed by atoms with E-state index < -0.39 is 74.8 Å². The zero-order valence-electron chi connectivity index (χ0n) is 20.2. The van der Waals surface area contributed by atoms with Crippen LogP contribution in [0.4, 0.5) is 13.2 Å². The van der Waals surface area contributed by atoms with Gasteiger partial charge in [0.05, 0.1) is 29.2 Å². The van der Waals surface area contributed by atoms with E-state index in [0.717, 1.165) is 12.3 Å². The van der Waals surface area contributed by atoms with Crippen LogP contribution in [0.2, 0.25) is 5.02 Å². The van der Waals surface area contributed by atoms with Gasteiger partial charge < -0.3 is 15.0 Å². The molecule has 202 valence electrons. The Morgan fingerprint density at radius 1 is 1.26 bits per heavy atom. The van der Waals surface area contributed by atoms with E-state index in [0.29, 0.717) is 6.07 Å². The van der Waals surface area contributed by atoms with E-state index in [1.54, 1.807) is 0 Å². The predicted octanol–water partition coefficient (Wildman–Crippen LogP) is 3.47. The monoisotopic (exact) mass is 568 g/mol. The number of rotatable bonds is 7. The summed E-state index contributed by atoms with van der Waals surface area (Å²) in [5, 5.41) is 1.95. The zero-order valence-corrected chi connectivity index (χ0v) is 21.8. The fraction of sp³-hybridized carbons (Fsp3) is 0.385. The molecule has 12 heteroatoms. The molecule has 0 unspecified atom stereocenters. The first-order valence-corrected chi connectivity index (χ1v) is 13.9. The lowest BCUT2D eigenvalue weighted by Crippen LogP contribution is -2.58. The third-order valence-corrected chi connectivity index (χ3v) is 8.11. The summed E-state index contributed by atoms with van der Waals surface area (Å²) in [5.41, 5.74) is -2.65. The maximum atomic E-state index is 15.6. The molecule has 1 N–H and O–H groups in total. The van der Waals surface area contributed by atoms with E-state index >= 15 is 4.39 Å². The highest BCUT2D eigenvalue weighted by atomic mass is 35.5. The minimum atomic E-state index is -3.61. The molecule has 2 amide bonds. The summed E-state index contributed by atoms with van der Waals surface area (Å²) >= 11 is 5.64. The van der Waals surface area contributed by atoms with Crippen molar-refractivity contribution < 1.29 is 35.9 Å². The van der Waals surface area contributed by atoms with E-state index in [-0.39, 0.29) is 35.8 Å². The van der Waals surface area contributed by atoms with Gasteiger partial charge in [-0.2, -0.15) is 0 Å². The van der Waals surface area contributed by atoms with E-state index in [4.69, 9.17) is 22.8 Å². The number of terminal acetylenes is 1. The van der Waals surface area contributed by atoms with Crippen molar-refractivity contribution in [3.05, 3.63) is 64.2 Å². The van der Waals surface area contributed by atoms with Crippen LogP contribution in [-0.2, 0) is 19.4 Å². The molecule has 0 spiro atoms. The molecule has 0 bridgehead atoms. The molecule has 2 aliphatic rings. The molecule has 38 heavy (non-hydrogen) atoms. The number of carbonyl (C=O) groups excluding carboxylic acids is 2. The van der Waals surface area contributed by atoms with Gasteiger partial charge in [-0.1, -0.05) is 17.7 Å². The minimum Gasteiger partial charge on any atom is -0.374 e. The maximum absolute atomic E-state index is 15.6. The second-order valence-corrected chi connectivity index (χ2v) is 12.0. The van der Waals surface area contributed by atoms with E-state index in [2.05, 4.69) is 11.2 Å². The van der Waals surface area contributed by atoms with Crippen molar-refractivity contribution in [2.24, 2.45) is 5.92 Å². The Morgan fingerprint density at radius 2 is 1.97 bits per heavy atom. The van der Waals surface area contributed by atoms with Gasteiger partial charge in [0.2, 0.25) is 5.91 Å². The molecule has 7 nitrogen and oxygen atoms in total. The van der Waals surface area contributed by atoms with Gasteiger partial charge >= 0.3 is 0 Å². The highest BCUT2D eigenvalue weighted by Crippen LogP contribution is 2.39. The van der Waals surface area contributed by atoms with Gasteiger partial charge in [-0.25, -0.2) is 21.6 Å². The zero-order chi connectivity index (χ0) is 27.8. The summed E-state index contributed by atoms with van der Waals surface area (Å²) in [7, 11) is -3.61. The first-order chi connectivity index (χ1) is 17.8. The summed E-state index contributed by atoms with van der Waals surface area (Å²) < 4.78 is 73.4. The van der Waals surface area contributed by atoms with E-state index in [1.165, 1.54) is 29.2 Å². The summed E-state index contributed by atoms with van der Waals surface area (Å²) in [5.74, 6) is -1.22. The van der Waals surface area contributed by atoms with Crippen LogP contribution in [0, 0.1) is 29.9 Å². The fourth-order valence-corrected chi connectivity index (χ4v) is 5.50. The summed E-state index contributed by atoms with van der Waals surface area (Å²) in [6, 6.07) is 4.02. The highest BCUT2D eigenvalue weighted by Gasteiger charge is 2.50. The number of amides is 2. The highest BCUT2D eigenvalue weighted by molar-refractivity contribution is 7.90. The van der Waals surface area contributed by atoms with Crippen molar-refractivity contribution in [2.75, 3.05) is 26.0 Å². The topological polar surface area (TPSA) is 92.8 Å². The minimum absolute atomic E-state index is 0.0313. The van der Waals surface area contributed by atoms with Gasteiger partial charge in [-0.15, -0.1) is 12.3 Å². The first kappa shape index (κ1) is 28.0. The Bertz CT molecular complexity index is 1420. The fourth-order valence-electron chi connectivity index (χ4n) is 4.68. The average molecular weight is 569 g/mol. The molecule has 0 saturated carbocycles. The van der Waals surface area contributed by atoms with Crippen LogP contribution in [0.15, 0.2) is 41.3 Å². The van der Waals surface area contributed by atoms with Gasteiger partial charge in [0.1, 0.15) is 17.7 Å². The molecule has 3 atom stereocenters. The van der Waals surface area contributed by atoms with Gasteiger partial charge in [-0.05, 0) is 42.7 Å². The second-order valence-electron chi connectivity index (χ2n) is 9.54. The molecule has 0 aliphatic carbocycles. The number of likely N-dealkylation sites (tertiary alicyclic amines) is 1. The number of alkyl halides is 1. The lowest BCUT2D eigenvalue weighted by Gasteiger charge is -2.41. The molecule has 0 aromatic heterocycles. The van der Waals surface area contributed by atoms with Crippen LogP contribution < -0.4 is 5.32 Å². The average Bonchev–Trinajstić information content (AvgIpc) is 3.27. The van der Waals surface area contributed by atoms with Crippen molar-refractivity contribution in [3.8, 4) is 12.3 Å². The van der Waals surface area contributed by atoms with Crippen LogP contribution in [0.5, 0.6) is 0 Å². The lowest BCUT2D eigenvalue weighted by molar-refractivity contribution is -0.155. The molecule has 0 radical (unpaired) electrons. The molecule has 2 heterocycles. The molecule has 2 aliphatic heterocycles. The summed E-state index contributed by atoms with van der Waals surface area (Å²) in [6.07, 6.45) is 6.82. The SMILES string of the molecule is C#CC[C@@H]1C[C@H](C(=O)N[C@@H](c2cc(F)c(Cl)cc2F)C2(F)COC2)N(C(=O)c2cccc(S(C)(=O)=O)c2)C1. The Balaban J connectivity index is 1.66. The van der Waals surface area contributed by atoms with Crippen molar-refractivity contribution >= 4 is 33.3 Å². The number of nitrogens with one attached hydrogen (secondary N) is 1. The van der Waals surface area contributed by atoms with Crippen LogP contribution >= 0.6 is 11.6 Å². The normalized spacial score (nSPS) is 21.3. The Labute approximate surface area is 223 Å². The van der Waals surface area contributed by atoms with Crippen LogP contribution in [0.25, 0.3) is 0 Å². The molecule has 2 aromatic carbocycles. The number of nitrogens with zero attached hydrogens (tertiary/aromatic N) is 1. The van der Waals surface area contributed by atoms with Gasteiger partial charge in [0.15, 0.2) is 15.5 Å². The quantitative estimate of drug-likeness (QED) is 0.408. The molecular weight excluding hydrogens is 545 g/mol. The summed E-state index contributed by atoms with van der Waals surface area (Å²) in [4.78, 5) is 28.1. The van der Waals surface area contributed by atoms with Crippen LogP contribution in [0.3, 0.4) is 0 Å². The number of halogens is 4. The van der Waals surface area contributed by atoms with Crippen molar-refractivity contribution in [2.45, 2.75) is 35.5 Å². The van der Waals surface area contributed by atoms with Gasteiger partial charge in [-0.3, -0.25) is 9.59 Å². The predicted molar refractivity (Wildman–Crippen MR) is 133 cm³/mol. The van der Waals surface area contributed by atoms with E-state index in [1.807, 2.05) is 0 Å². The number of ether oxygens (including phenoxy) is 1. The van der Waals surface area contributed by atoms with Gasteiger partial charge in [0, 0.05) is 30.3 Å². The molecule has 2 aromatic rings. The third-order valence-electron chi connectivity index (χ3n) is 6.71. The Hall–Kier alpha value is -3.07. The van der Waals surface area contributed by atoms with E-state index in [9.17, 15) is 26.8 Å². The molecule has 4 rings (SSSR count). The van der Waals surface area contributed by atoms with Crippen LogP contribution in [-0.4, -0.2) is 62.9 Å². The van der Waals surface area contributed by atoms with Gasteiger partial charge in [0.25, 0.3) is 5.91 Å². The van der Waals surface area contributed by atoms with Crippen LogP contribution in [0.1, 0.15) is 34.8 Å². The number of hydrogen-bond donors (Lipinski definition) is 1. The standard InChI is InChI=1S/C26H24ClF3N2O5S/c1-3-5-15-8-22(32(12-15)25(34)16-6-4-7-17(9-16)38(2,35)36)24(33)31-23(26(30)13-37-14-26)18-10-21(29)19(27)11-20(18)28/h1,4,6-7,9-11,15,22-23H,5,8,12-14H2,2H3,(H,31,33)/t15-,22-,23+/m1/s1. The number of carbonyl (C=O) groups is 2. The number of hydrogen-bond acceptors (Lipinski definition) is 5. The maximum Gasteiger partial charge on any atom is 0.254 e. The Morgan fingerprint density at radius 3 is 2.58 bits per heavy atom.